The summed E-state index contributed by atoms with van der Waals surface area (Å²) < 4.78 is 2.25. The summed E-state index contributed by atoms with van der Waals surface area (Å²) in [4.78, 5) is 4.89. The molecule has 1 unspecified atom stereocenters. The highest BCUT2D eigenvalue weighted by Crippen LogP contribution is 2.31. The molecule has 1 aliphatic rings. The largest absolute Gasteiger partial charge is 0.384 e. The van der Waals surface area contributed by atoms with Gasteiger partial charge in [0.05, 0.1) is 11.0 Å². The molecule has 1 N–H and O–H groups in total. The molecule has 0 amide bonds. The lowest BCUT2D eigenvalue weighted by molar-refractivity contribution is 0.624. The van der Waals surface area contributed by atoms with Crippen LogP contribution in [0.3, 0.4) is 0 Å². The highest BCUT2D eigenvalue weighted by atomic mass is 15.1. The molecule has 1 aromatic heterocycles. The molecular weight excluding hydrogens is 258 g/mol. The first-order valence-electron chi connectivity index (χ1n) is 7.47. The molecule has 3 heteroatoms. The van der Waals surface area contributed by atoms with Gasteiger partial charge in [-0.25, -0.2) is 4.98 Å². The van der Waals surface area contributed by atoms with Crippen molar-refractivity contribution in [2.24, 2.45) is 7.05 Å². The van der Waals surface area contributed by atoms with Crippen molar-refractivity contribution in [1.29, 1.82) is 0 Å². The van der Waals surface area contributed by atoms with E-state index in [1.54, 1.807) is 0 Å². The molecule has 2 aromatic carbocycles. The lowest BCUT2D eigenvalue weighted by Crippen LogP contribution is -2.23. The maximum Gasteiger partial charge on any atom is 0.114 e. The Hall–Kier alpha value is -2.29. The van der Waals surface area contributed by atoms with Crippen LogP contribution in [0.2, 0.25) is 0 Å². The first-order valence-corrected chi connectivity index (χ1v) is 7.47. The summed E-state index contributed by atoms with van der Waals surface area (Å²) in [5, 5.41) is 3.54. The molecule has 0 spiro atoms. The number of nitrogens with zero attached hydrogens (tertiary/aromatic N) is 2. The van der Waals surface area contributed by atoms with Crippen molar-refractivity contribution in [1.82, 2.24) is 9.55 Å². The van der Waals surface area contributed by atoms with Crippen molar-refractivity contribution >= 4 is 16.7 Å². The van der Waals surface area contributed by atoms with E-state index in [1.165, 1.54) is 28.2 Å². The number of rotatable bonds is 1. The molecule has 4 rings (SSSR count). The summed E-state index contributed by atoms with van der Waals surface area (Å²) >= 11 is 0. The Morgan fingerprint density at radius 2 is 2.05 bits per heavy atom. The third-order valence-electron chi connectivity index (χ3n) is 4.46. The number of nitrogens with one attached hydrogen (secondary N) is 1. The van der Waals surface area contributed by atoms with Crippen LogP contribution >= 0.6 is 0 Å². The minimum absolute atomic E-state index is 0.428. The number of benzene rings is 2. The summed E-state index contributed by atoms with van der Waals surface area (Å²) in [6.07, 6.45) is 1.05. The van der Waals surface area contributed by atoms with Crippen LogP contribution in [0.5, 0.6) is 0 Å². The molecule has 2 heterocycles. The van der Waals surface area contributed by atoms with Crippen LogP contribution in [0.25, 0.3) is 11.0 Å². The topological polar surface area (TPSA) is 29.9 Å². The molecule has 21 heavy (non-hydrogen) atoms. The Morgan fingerprint density at radius 1 is 1.19 bits per heavy atom. The zero-order valence-electron chi connectivity index (χ0n) is 12.4. The Labute approximate surface area is 124 Å². The lowest BCUT2D eigenvalue weighted by atomic mass is 9.93. The van der Waals surface area contributed by atoms with Gasteiger partial charge in [0.15, 0.2) is 0 Å². The molecule has 1 aliphatic heterocycles. The minimum Gasteiger partial charge on any atom is -0.384 e. The van der Waals surface area contributed by atoms with Gasteiger partial charge in [-0.05, 0) is 42.7 Å². The molecule has 0 radical (unpaired) electrons. The second-order valence-electron chi connectivity index (χ2n) is 5.96. The van der Waals surface area contributed by atoms with Crippen molar-refractivity contribution in [3.05, 3.63) is 59.4 Å². The van der Waals surface area contributed by atoms with Gasteiger partial charge < -0.3 is 9.88 Å². The number of anilines is 1. The molecule has 3 aromatic rings. The number of hydrogen-bond acceptors (Lipinski definition) is 2. The van der Waals surface area contributed by atoms with Gasteiger partial charge in [0, 0.05) is 25.2 Å². The fourth-order valence-electron chi connectivity index (χ4n) is 3.32. The van der Waals surface area contributed by atoms with Crippen LogP contribution < -0.4 is 5.32 Å². The number of aryl methyl sites for hydroxylation is 2. The Bertz CT molecular complexity index is 816. The van der Waals surface area contributed by atoms with E-state index in [9.17, 15) is 0 Å². The molecular formula is C18H19N3. The summed E-state index contributed by atoms with van der Waals surface area (Å²) in [5.74, 6) is 1.61. The number of imidazole rings is 1. The summed E-state index contributed by atoms with van der Waals surface area (Å²) in [6, 6.07) is 15.1. The van der Waals surface area contributed by atoms with E-state index in [2.05, 4.69) is 66.3 Å². The Kier molecular flexibility index (Phi) is 2.74. The van der Waals surface area contributed by atoms with Crippen molar-refractivity contribution in [3.8, 4) is 0 Å². The van der Waals surface area contributed by atoms with Gasteiger partial charge in [0.25, 0.3) is 0 Å². The molecule has 0 bridgehead atoms. The smallest absolute Gasteiger partial charge is 0.114 e. The van der Waals surface area contributed by atoms with E-state index in [-0.39, 0.29) is 0 Å². The van der Waals surface area contributed by atoms with E-state index in [1.807, 2.05) is 0 Å². The predicted molar refractivity (Wildman–Crippen MR) is 86.8 cm³/mol. The van der Waals surface area contributed by atoms with Gasteiger partial charge in [-0.3, -0.25) is 0 Å². The van der Waals surface area contributed by atoms with Crippen molar-refractivity contribution in [3.63, 3.8) is 0 Å². The fraction of sp³-hybridized carbons (Fsp3) is 0.278. The van der Waals surface area contributed by atoms with Gasteiger partial charge in [0.1, 0.15) is 5.82 Å². The summed E-state index contributed by atoms with van der Waals surface area (Å²) in [6.45, 7) is 3.07. The van der Waals surface area contributed by atoms with Crippen molar-refractivity contribution < 1.29 is 0 Å². The maximum absolute atomic E-state index is 4.89. The van der Waals surface area contributed by atoms with Crippen LogP contribution in [0.4, 0.5) is 5.69 Å². The van der Waals surface area contributed by atoms with Gasteiger partial charge >= 0.3 is 0 Å². The van der Waals surface area contributed by atoms with Gasteiger partial charge in [0.2, 0.25) is 0 Å². The average Bonchev–Trinajstić information content (AvgIpc) is 2.83. The highest BCUT2D eigenvalue weighted by molar-refractivity contribution is 5.77. The SMILES string of the molecule is Cc1ccc2c(c1)nc(C1CNc3ccccc3C1)n2C. The van der Waals surface area contributed by atoms with Gasteiger partial charge in [-0.1, -0.05) is 24.3 Å². The van der Waals surface area contributed by atoms with Crippen LogP contribution in [0, 0.1) is 6.92 Å². The highest BCUT2D eigenvalue weighted by Gasteiger charge is 2.23. The van der Waals surface area contributed by atoms with E-state index < -0.39 is 0 Å². The molecule has 0 saturated carbocycles. The minimum atomic E-state index is 0.428. The lowest BCUT2D eigenvalue weighted by Gasteiger charge is -2.25. The molecule has 0 saturated heterocycles. The number of hydrogen-bond donors (Lipinski definition) is 1. The van der Waals surface area contributed by atoms with E-state index in [0.717, 1.165) is 18.5 Å². The summed E-state index contributed by atoms with van der Waals surface area (Å²) in [5.41, 5.74) is 6.24. The van der Waals surface area contributed by atoms with E-state index in [0.29, 0.717) is 5.92 Å². The van der Waals surface area contributed by atoms with Crippen molar-refractivity contribution in [2.75, 3.05) is 11.9 Å². The van der Waals surface area contributed by atoms with Crippen LogP contribution in [0.1, 0.15) is 22.9 Å². The third kappa shape index (κ3) is 2.00. The van der Waals surface area contributed by atoms with E-state index in [4.69, 9.17) is 4.98 Å². The van der Waals surface area contributed by atoms with Crippen LogP contribution in [0.15, 0.2) is 42.5 Å². The summed E-state index contributed by atoms with van der Waals surface area (Å²) in [7, 11) is 2.13. The quantitative estimate of drug-likeness (QED) is 0.736. The zero-order chi connectivity index (χ0) is 14.4. The average molecular weight is 277 g/mol. The predicted octanol–water partition coefficient (Wildman–Crippen LogP) is 3.63. The van der Waals surface area contributed by atoms with Crippen LogP contribution in [-0.2, 0) is 13.5 Å². The molecule has 1 atom stereocenters. The Morgan fingerprint density at radius 3 is 2.95 bits per heavy atom. The molecule has 106 valence electrons. The first-order chi connectivity index (χ1) is 10.2. The first kappa shape index (κ1) is 12.5. The maximum atomic E-state index is 4.89. The van der Waals surface area contributed by atoms with Gasteiger partial charge in [-0.15, -0.1) is 0 Å². The van der Waals surface area contributed by atoms with Crippen molar-refractivity contribution in [2.45, 2.75) is 19.3 Å². The monoisotopic (exact) mass is 277 g/mol. The number of para-hydroxylation sites is 1. The third-order valence-corrected chi connectivity index (χ3v) is 4.46. The van der Waals surface area contributed by atoms with Crippen LogP contribution in [-0.4, -0.2) is 16.1 Å². The molecule has 3 nitrogen and oxygen atoms in total. The number of fused-ring (bicyclic) bond motifs is 2. The molecule has 0 fully saturated rings. The zero-order valence-corrected chi connectivity index (χ0v) is 12.4. The van der Waals surface area contributed by atoms with Gasteiger partial charge in [-0.2, -0.15) is 0 Å². The normalized spacial score (nSPS) is 17.5. The Balaban J connectivity index is 1.76. The fourth-order valence-corrected chi connectivity index (χ4v) is 3.32. The van der Waals surface area contributed by atoms with E-state index >= 15 is 0 Å². The second kappa shape index (κ2) is 4.62. The number of aromatic nitrogens is 2. The second-order valence-corrected chi connectivity index (χ2v) is 5.96. The molecule has 0 aliphatic carbocycles. The standard InChI is InChI=1S/C18H19N3/c1-12-7-8-17-16(9-12)20-18(21(17)2)14-10-13-5-3-4-6-15(13)19-11-14/h3-9,14,19H,10-11H2,1-2H3.